The number of nitrogens with one attached hydrogen (secondary N) is 2. The fourth-order valence-electron chi connectivity index (χ4n) is 2.72. The van der Waals surface area contributed by atoms with Gasteiger partial charge in [0, 0.05) is 17.8 Å². The lowest BCUT2D eigenvalue weighted by Crippen LogP contribution is -2.27. The maximum atomic E-state index is 11.8. The highest BCUT2D eigenvalue weighted by Gasteiger charge is 2.20. The lowest BCUT2D eigenvalue weighted by atomic mass is 10.0. The van der Waals surface area contributed by atoms with E-state index in [1.807, 2.05) is 13.0 Å². The summed E-state index contributed by atoms with van der Waals surface area (Å²) >= 11 is 0. The molecule has 2 aromatic rings. The normalized spacial score (nSPS) is 20.9. The average Bonchev–Trinajstić information content (AvgIpc) is 2.69. The van der Waals surface area contributed by atoms with Crippen molar-refractivity contribution in [1.82, 2.24) is 14.7 Å². The third-order valence-corrected chi connectivity index (χ3v) is 3.60. The van der Waals surface area contributed by atoms with Crippen LogP contribution in [-0.4, -0.2) is 15.9 Å². The van der Waals surface area contributed by atoms with Gasteiger partial charge in [-0.15, -0.1) is 0 Å². The van der Waals surface area contributed by atoms with Crippen molar-refractivity contribution in [1.29, 1.82) is 0 Å². The minimum Gasteiger partial charge on any atom is -0.342 e. The van der Waals surface area contributed by atoms with Crippen molar-refractivity contribution in [2.45, 2.75) is 32.2 Å². The summed E-state index contributed by atoms with van der Waals surface area (Å²) in [6, 6.07) is 5.71. The molecule has 17 heavy (non-hydrogen) atoms. The molecular weight excluding hydrogens is 214 g/mol. The Bertz CT molecular complexity index is 590. The van der Waals surface area contributed by atoms with E-state index in [1.165, 1.54) is 12.8 Å². The summed E-state index contributed by atoms with van der Waals surface area (Å²) in [6.45, 7) is 3.07. The molecule has 0 radical (unpaired) electrons. The van der Waals surface area contributed by atoms with Gasteiger partial charge in [0.15, 0.2) is 0 Å². The maximum absolute atomic E-state index is 11.8. The topological polar surface area (TPSA) is 49.3 Å². The average molecular weight is 231 g/mol. The highest BCUT2D eigenvalue weighted by molar-refractivity contribution is 5.43. The minimum absolute atomic E-state index is 0.0401. The number of pyridine rings is 1. The van der Waals surface area contributed by atoms with Crippen molar-refractivity contribution in [3.63, 3.8) is 0 Å². The third kappa shape index (κ3) is 1.69. The smallest absolute Gasteiger partial charge is 0.256 e. The summed E-state index contributed by atoms with van der Waals surface area (Å²) in [5.74, 6) is 0. The Labute approximate surface area is 99.7 Å². The monoisotopic (exact) mass is 231 g/mol. The fourth-order valence-corrected chi connectivity index (χ4v) is 2.72. The number of aromatic nitrogens is 2. The number of aryl methyl sites for hydroxylation is 1. The van der Waals surface area contributed by atoms with Crippen LogP contribution in [0.4, 0.5) is 0 Å². The highest BCUT2D eigenvalue weighted by Crippen LogP contribution is 2.24. The van der Waals surface area contributed by atoms with Crippen LogP contribution in [0, 0.1) is 6.92 Å². The molecule has 4 nitrogen and oxygen atoms in total. The first-order valence-corrected chi connectivity index (χ1v) is 6.21. The van der Waals surface area contributed by atoms with Crippen molar-refractivity contribution in [3.05, 3.63) is 39.9 Å². The minimum atomic E-state index is 0.0401. The van der Waals surface area contributed by atoms with Gasteiger partial charge in [-0.2, -0.15) is 0 Å². The molecule has 1 fully saturated rings. The first kappa shape index (κ1) is 10.6. The van der Waals surface area contributed by atoms with E-state index in [-0.39, 0.29) is 5.56 Å². The van der Waals surface area contributed by atoms with Crippen LogP contribution < -0.4 is 10.9 Å². The molecule has 0 aromatic carbocycles. The van der Waals surface area contributed by atoms with Gasteiger partial charge in [-0.3, -0.25) is 9.20 Å². The molecular formula is C13H17N3O. The van der Waals surface area contributed by atoms with E-state index in [0.29, 0.717) is 6.04 Å². The Morgan fingerprint density at radius 1 is 1.35 bits per heavy atom. The summed E-state index contributed by atoms with van der Waals surface area (Å²) < 4.78 is 1.76. The summed E-state index contributed by atoms with van der Waals surface area (Å²) in [5.41, 5.74) is 3.12. The Kier molecular flexibility index (Phi) is 2.52. The van der Waals surface area contributed by atoms with Crippen molar-refractivity contribution in [3.8, 4) is 0 Å². The van der Waals surface area contributed by atoms with E-state index in [0.717, 1.165) is 30.0 Å². The van der Waals surface area contributed by atoms with Crippen LogP contribution in [-0.2, 0) is 0 Å². The number of imidazole rings is 1. The zero-order chi connectivity index (χ0) is 11.8. The predicted octanol–water partition coefficient (Wildman–Crippen LogP) is 1.75. The van der Waals surface area contributed by atoms with E-state index in [2.05, 4.69) is 10.3 Å². The Morgan fingerprint density at radius 3 is 2.94 bits per heavy atom. The molecule has 0 spiro atoms. The van der Waals surface area contributed by atoms with E-state index < -0.39 is 0 Å². The van der Waals surface area contributed by atoms with Crippen LogP contribution >= 0.6 is 0 Å². The number of fused-ring (bicyclic) bond motifs is 1. The first-order chi connectivity index (χ1) is 8.27. The molecule has 3 heterocycles. The quantitative estimate of drug-likeness (QED) is 0.785. The number of hydrogen-bond acceptors (Lipinski definition) is 2. The number of piperidine rings is 1. The van der Waals surface area contributed by atoms with Crippen LogP contribution in [0.3, 0.4) is 0 Å². The number of hydrogen-bond donors (Lipinski definition) is 2. The van der Waals surface area contributed by atoms with Gasteiger partial charge >= 0.3 is 0 Å². The number of rotatable bonds is 1. The largest absolute Gasteiger partial charge is 0.342 e. The molecule has 1 saturated heterocycles. The number of nitrogens with zero attached hydrogens (tertiary/aromatic N) is 1. The zero-order valence-corrected chi connectivity index (χ0v) is 9.99. The van der Waals surface area contributed by atoms with Gasteiger partial charge in [-0.05, 0) is 32.4 Å². The predicted molar refractivity (Wildman–Crippen MR) is 67.3 cm³/mol. The Morgan fingerprint density at radius 2 is 2.24 bits per heavy atom. The molecule has 90 valence electrons. The summed E-state index contributed by atoms with van der Waals surface area (Å²) in [5, 5.41) is 3.51. The molecule has 2 N–H and O–H groups in total. The van der Waals surface area contributed by atoms with E-state index in [9.17, 15) is 4.79 Å². The molecule has 4 heteroatoms. The molecule has 0 aliphatic carbocycles. The van der Waals surface area contributed by atoms with E-state index in [4.69, 9.17) is 0 Å². The summed E-state index contributed by atoms with van der Waals surface area (Å²) in [7, 11) is 0. The van der Waals surface area contributed by atoms with Gasteiger partial charge in [-0.25, -0.2) is 0 Å². The maximum Gasteiger partial charge on any atom is 0.256 e. The zero-order valence-electron chi connectivity index (χ0n) is 9.99. The van der Waals surface area contributed by atoms with Crippen molar-refractivity contribution in [2.75, 3.05) is 6.54 Å². The van der Waals surface area contributed by atoms with E-state index in [1.54, 1.807) is 16.5 Å². The molecule has 0 saturated carbocycles. The van der Waals surface area contributed by atoms with Gasteiger partial charge in [0.25, 0.3) is 5.56 Å². The molecule has 3 rings (SSSR count). The highest BCUT2D eigenvalue weighted by atomic mass is 16.1. The molecule has 1 aliphatic rings. The molecule has 1 unspecified atom stereocenters. The second-order valence-corrected chi connectivity index (χ2v) is 4.71. The van der Waals surface area contributed by atoms with Crippen molar-refractivity contribution in [2.24, 2.45) is 0 Å². The Hall–Kier alpha value is -1.55. The first-order valence-electron chi connectivity index (χ1n) is 6.21. The second-order valence-electron chi connectivity index (χ2n) is 4.71. The standard InChI is InChI=1S/C13H17N3O/c1-9-13(10-5-2-3-8-14-10)15-11-6-4-7-12(17)16(9)11/h4,6-7,10,14-15H,2-3,5,8H2,1H3. The number of H-pyrrole nitrogens is 1. The van der Waals surface area contributed by atoms with Gasteiger partial charge in [0.2, 0.25) is 0 Å². The van der Waals surface area contributed by atoms with Crippen LogP contribution in [0.15, 0.2) is 23.0 Å². The van der Waals surface area contributed by atoms with Gasteiger partial charge in [-0.1, -0.05) is 12.5 Å². The van der Waals surface area contributed by atoms with Gasteiger partial charge < -0.3 is 10.3 Å². The van der Waals surface area contributed by atoms with Gasteiger partial charge in [0.05, 0.1) is 5.69 Å². The lowest BCUT2D eigenvalue weighted by Gasteiger charge is -2.22. The van der Waals surface area contributed by atoms with Crippen molar-refractivity contribution < 1.29 is 0 Å². The third-order valence-electron chi connectivity index (χ3n) is 3.60. The SMILES string of the molecule is Cc1c(C2CCCCN2)[nH]c2cccc(=O)n12. The second kappa shape index (κ2) is 4.04. The van der Waals surface area contributed by atoms with Crippen LogP contribution in [0.2, 0.25) is 0 Å². The summed E-state index contributed by atoms with van der Waals surface area (Å²) in [4.78, 5) is 15.2. The van der Waals surface area contributed by atoms with Gasteiger partial charge in [0.1, 0.15) is 5.65 Å². The van der Waals surface area contributed by atoms with E-state index >= 15 is 0 Å². The number of aromatic amines is 1. The fraction of sp³-hybridized carbons (Fsp3) is 0.462. The molecule has 1 aliphatic heterocycles. The molecule has 1 atom stereocenters. The Balaban J connectivity index is 2.14. The van der Waals surface area contributed by atoms with Crippen LogP contribution in [0.25, 0.3) is 5.65 Å². The summed E-state index contributed by atoms with van der Waals surface area (Å²) in [6.07, 6.45) is 3.64. The molecule has 0 bridgehead atoms. The lowest BCUT2D eigenvalue weighted by molar-refractivity contribution is 0.405. The van der Waals surface area contributed by atoms with Crippen LogP contribution in [0.5, 0.6) is 0 Å². The van der Waals surface area contributed by atoms with Crippen LogP contribution in [0.1, 0.15) is 36.7 Å². The molecule has 2 aromatic heterocycles. The molecule has 0 amide bonds. The van der Waals surface area contributed by atoms with Crippen molar-refractivity contribution >= 4 is 5.65 Å².